The lowest BCUT2D eigenvalue weighted by atomic mass is 9.89. The SMILES string of the molecule is CC(C)(C)OC(=O)NC1(C(=O)OC(C)(C)C)CC1(CN1CCOCC1)c1ccccc1. The van der Waals surface area contributed by atoms with Crippen LogP contribution in [0.3, 0.4) is 0 Å². The van der Waals surface area contributed by atoms with Crippen LogP contribution >= 0.6 is 0 Å². The molecular formula is C24H36N2O5. The van der Waals surface area contributed by atoms with E-state index < -0.39 is 34.2 Å². The molecule has 1 N–H and O–H groups in total. The van der Waals surface area contributed by atoms with Crippen LogP contribution in [-0.4, -0.2) is 66.6 Å². The zero-order valence-corrected chi connectivity index (χ0v) is 19.6. The number of amides is 1. The Hall–Kier alpha value is -2.12. The van der Waals surface area contributed by atoms with Crippen molar-refractivity contribution < 1.29 is 23.8 Å². The van der Waals surface area contributed by atoms with E-state index in [2.05, 4.69) is 10.2 Å². The molecule has 1 heterocycles. The largest absolute Gasteiger partial charge is 0.458 e. The van der Waals surface area contributed by atoms with Gasteiger partial charge >= 0.3 is 12.1 Å². The number of alkyl carbamates (subject to hydrolysis) is 1. The number of ether oxygens (including phenoxy) is 3. The highest BCUT2D eigenvalue weighted by atomic mass is 16.6. The van der Waals surface area contributed by atoms with Gasteiger partial charge in [0.2, 0.25) is 0 Å². The number of benzene rings is 1. The smallest absolute Gasteiger partial charge is 0.408 e. The Morgan fingerprint density at radius 1 is 1.00 bits per heavy atom. The molecule has 1 aliphatic heterocycles. The predicted molar refractivity (Wildman–Crippen MR) is 118 cm³/mol. The molecule has 1 saturated carbocycles. The third-order valence-electron chi connectivity index (χ3n) is 5.64. The molecule has 1 aliphatic carbocycles. The van der Waals surface area contributed by atoms with E-state index in [4.69, 9.17) is 14.2 Å². The third-order valence-corrected chi connectivity index (χ3v) is 5.64. The van der Waals surface area contributed by atoms with E-state index in [0.29, 0.717) is 26.2 Å². The molecule has 0 aromatic heterocycles. The van der Waals surface area contributed by atoms with Crippen molar-refractivity contribution in [3.63, 3.8) is 0 Å². The number of esters is 1. The van der Waals surface area contributed by atoms with Crippen LogP contribution in [-0.2, 0) is 24.4 Å². The van der Waals surface area contributed by atoms with Crippen LogP contribution < -0.4 is 5.32 Å². The maximum absolute atomic E-state index is 13.5. The van der Waals surface area contributed by atoms with Crippen LogP contribution in [0.15, 0.2) is 30.3 Å². The molecule has 31 heavy (non-hydrogen) atoms. The highest BCUT2D eigenvalue weighted by molar-refractivity contribution is 5.93. The average molecular weight is 433 g/mol. The summed E-state index contributed by atoms with van der Waals surface area (Å²) in [6.07, 6.45) is -0.159. The van der Waals surface area contributed by atoms with E-state index in [1.807, 2.05) is 51.1 Å². The summed E-state index contributed by atoms with van der Waals surface area (Å²) in [5, 5.41) is 2.93. The summed E-state index contributed by atoms with van der Waals surface area (Å²) in [4.78, 5) is 28.7. The fourth-order valence-electron chi connectivity index (χ4n) is 4.26. The van der Waals surface area contributed by atoms with Crippen molar-refractivity contribution in [1.82, 2.24) is 10.2 Å². The monoisotopic (exact) mass is 432 g/mol. The second kappa shape index (κ2) is 8.43. The standard InChI is InChI=1S/C24H36N2O5/c1-21(2,3)30-19(27)24(25-20(28)31-22(4,5)6)16-23(24,18-10-8-7-9-11-18)17-26-12-14-29-15-13-26/h7-11H,12-17H2,1-6H3,(H,25,28). The van der Waals surface area contributed by atoms with Gasteiger partial charge in [0.25, 0.3) is 0 Å². The van der Waals surface area contributed by atoms with Gasteiger partial charge in [-0.05, 0) is 53.5 Å². The third kappa shape index (κ3) is 5.39. The minimum Gasteiger partial charge on any atom is -0.458 e. The van der Waals surface area contributed by atoms with Gasteiger partial charge in [0.15, 0.2) is 5.54 Å². The summed E-state index contributed by atoms with van der Waals surface area (Å²) in [5.41, 5.74) is -2.15. The van der Waals surface area contributed by atoms with Crippen molar-refractivity contribution in [3.05, 3.63) is 35.9 Å². The molecule has 0 bridgehead atoms. The maximum Gasteiger partial charge on any atom is 0.408 e. The van der Waals surface area contributed by atoms with Gasteiger partial charge in [0, 0.05) is 25.0 Å². The number of hydrogen-bond donors (Lipinski definition) is 1. The van der Waals surface area contributed by atoms with Crippen molar-refractivity contribution in [2.24, 2.45) is 0 Å². The Kier molecular flexibility index (Phi) is 6.40. The lowest BCUT2D eigenvalue weighted by molar-refractivity contribution is -0.159. The van der Waals surface area contributed by atoms with Gasteiger partial charge in [-0.25, -0.2) is 9.59 Å². The van der Waals surface area contributed by atoms with Gasteiger partial charge in [-0.2, -0.15) is 0 Å². The zero-order chi connectivity index (χ0) is 22.9. The van der Waals surface area contributed by atoms with Crippen LogP contribution in [0.5, 0.6) is 0 Å². The molecule has 1 aromatic rings. The predicted octanol–water partition coefficient (Wildman–Crippen LogP) is 3.27. The summed E-state index contributed by atoms with van der Waals surface area (Å²) in [7, 11) is 0. The molecule has 2 fully saturated rings. The first kappa shape index (κ1) is 23.5. The van der Waals surface area contributed by atoms with Gasteiger partial charge in [0.05, 0.1) is 13.2 Å². The maximum atomic E-state index is 13.5. The topological polar surface area (TPSA) is 77.1 Å². The van der Waals surface area contributed by atoms with Crippen LogP contribution in [0.1, 0.15) is 53.5 Å². The first-order valence-corrected chi connectivity index (χ1v) is 11.0. The average Bonchev–Trinajstić information content (AvgIpc) is 3.29. The van der Waals surface area contributed by atoms with Crippen molar-refractivity contribution in [2.75, 3.05) is 32.8 Å². The summed E-state index contributed by atoms with van der Waals surface area (Å²) in [6, 6.07) is 9.90. The number of carbonyl (C=O) groups excluding carboxylic acids is 2. The van der Waals surface area contributed by atoms with Gasteiger partial charge in [-0.3, -0.25) is 4.90 Å². The zero-order valence-electron chi connectivity index (χ0n) is 19.6. The molecule has 1 aromatic carbocycles. The number of nitrogens with one attached hydrogen (secondary N) is 1. The van der Waals surface area contributed by atoms with Crippen molar-refractivity contribution in [1.29, 1.82) is 0 Å². The van der Waals surface area contributed by atoms with Crippen LogP contribution in [0, 0.1) is 0 Å². The molecular weight excluding hydrogens is 396 g/mol. The van der Waals surface area contributed by atoms with Crippen molar-refractivity contribution in [3.8, 4) is 0 Å². The van der Waals surface area contributed by atoms with Crippen molar-refractivity contribution >= 4 is 12.1 Å². The molecule has 0 radical (unpaired) electrons. The first-order chi connectivity index (χ1) is 14.4. The molecule has 7 heteroatoms. The Bertz CT molecular complexity index is 792. The molecule has 1 saturated heterocycles. The second-order valence-corrected chi connectivity index (χ2v) is 10.5. The van der Waals surface area contributed by atoms with Gasteiger partial charge < -0.3 is 19.5 Å². The van der Waals surface area contributed by atoms with Crippen LogP contribution in [0.4, 0.5) is 4.79 Å². The Balaban J connectivity index is 1.98. The molecule has 172 valence electrons. The summed E-state index contributed by atoms with van der Waals surface area (Å²) >= 11 is 0. The molecule has 1 amide bonds. The fraction of sp³-hybridized carbons (Fsp3) is 0.667. The normalized spacial score (nSPS) is 26.8. The van der Waals surface area contributed by atoms with Gasteiger partial charge in [-0.15, -0.1) is 0 Å². The number of carbonyl (C=O) groups is 2. The minimum atomic E-state index is -1.19. The number of nitrogens with zero attached hydrogens (tertiary/aromatic N) is 1. The first-order valence-electron chi connectivity index (χ1n) is 11.0. The molecule has 2 aliphatic rings. The molecule has 2 unspecified atom stereocenters. The highest BCUT2D eigenvalue weighted by Crippen LogP contribution is 2.59. The van der Waals surface area contributed by atoms with Crippen LogP contribution in [0.25, 0.3) is 0 Å². The van der Waals surface area contributed by atoms with Gasteiger partial charge in [-0.1, -0.05) is 30.3 Å². The number of hydrogen-bond acceptors (Lipinski definition) is 6. The van der Waals surface area contributed by atoms with E-state index in [0.717, 1.165) is 18.7 Å². The quantitative estimate of drug-likeness (QED) is 0.720. The van der Waals surface area contributed by atoms with Crippen molar-refractivity contribution in [2.45, 2.75) is 70.1 Å². The van der Waals surface area contributed by atoms with E-state index in [1.54, 1.807) is 20.8 Å². The Morgan fingerprint density at radius 3 is 2.13 bits per heavy atom. The molecule has 2 atom stereocenters. The van der Waals surface area contributed by atoms with E-state index in [9.17, 15) is 9.59 Å². The van der Waals surface area contributed by atoms with Gasteiger partial charge in [0.1, 0.15) is 11.2 Å². The minimum absolute atomic E-state index is 0.428. The fourth-order valence-corrected chi connectivity index (χ4v) is 4.26. The lowest BCUT2D eigenvalue weighted by Gasteiger charge is -2.35. The van der Waals surface area contributed by atoms with Crippen LogP contribution in [0.2, 0.25) is 0 Å². The summed E-state index contributed by atoms with van der Waals surface area (Å²) < 4.78 is 16.8. The Labute approximate surface area is 185 Å². The molecule has 7 nitrogen and oxygen atoms in total. The van der Waals surface area contributed by atoms with E-state index in [1.165, 1.54) is 0 Å². The van der Waals surface area contributed by atoms with E-state index in [-0.39, 0.29) is 0 Å². The Morgan fingerprint density at radius 2 is 1.58 bits per heavy atom. The lowest BCUT2D eigenvalue weighted by Crippen LogP contribution is -2.55. The molecule has 0 spiro atoms. The van der Waals surface area contributed by atoms with E-state index >= 15 is 0 Å². The number of rotatable bonds is 5. The highest BCUT2D eigenvalue weighted by Gasteiger charge is 2.75. The molecule has 3 rings (SSSR count). The number of morpholine rings is 1. The summed E-state index contributed by atoms with van der Waals surface area (Å²) in [5.74, 6) is -0.428. The summed E-state index contributed by atoms with van der Waals surface area (Å²) in [6.45, 7) is 14.4. The second-order valence-electron chi connectivity index (χ2n) is 10.5.